The second kappa shape index (κ2) is 9.20. The maximum Gasteiger partial charge on any atom is 0.236 e. The molecule has 2 saturated heterocycles. The number of nitrogens with zero attached hydrogens (tertiary/aromatic N) is 4. The molecule has 0 unspecified atom stereocenters. The van der Waals surface area contributed by atoms with Gasteiger partial charge < -0.3 is 14.5 Å². The van der Waals surface area contributed by atoms with E-state index in [2.05, 4.69) is 9.80 Å². The highest BCUT2D eigenvalue weighted by Gasteiger charge is 2.24. The van der Waals surface area contributed by atoms with Crippen LogP contribution in [-0.4, -0.2) is 110 Å². The predicted molar refractivity (Wildman–Crippen MR) is 88.2 cm³/mol. The van der Waals surface area contributed by atoms with Crippen molar-refractivity contribution in [1.29, 1.82) is 0 Å². The highest BCUT2D eigenvalue weighted by molar-refractivity contribution is 5.79. The Balaban J connectivity index is 1.69. The quantitative estimate of drug-likeness (QED) is 0.648. The van der Waals surface area contributed by atoms with Crippen molar-refractivity contribution in [3.63, 3.8) is 0 Å². The van der Waals surface area contributed by atoms with Gasteiger partial charge in [-0.25, -0.2) is 0 Å². The average Bonchev–Trinajstić information content (AvgIpc) is 2.58. The average molecular weight is 326 g/mol. The van der Waals surface area contributed by atoms with Crippen molar-refractivity contribution in [1.82, 2.24) is 19.6 Å². The first-order chi connectivity index (χ1) is 11.1. The van der Waals surface area contributed by atoms with Crippen molar-refractivity contribution in [2.24, 2.45) is 0 Å². The van der Waals surface area contributed by atoms with Crippen LogP contribution < -0.4 is 0 Å². The molecule has 7 heteroatoms. The number of hydrogen-bond acceptors (Lipinski definition) is 5. The van der Waals surface area contributed by atoms with Gasteiger partial charge in [-0.05, 0) is 13.8 Å². The second-order valence-corrected chi connectivity index (χ2v) is 6.11. The Kier molecular flexibility index (Phi) is 7.26. The summed E-state index contributed by atoms with van der Waals surface area (Å²) in [5.41, 5.74) is 0. The molecule has 2 heterocycles. The summed E-state index contributed by atoms with van der Waals surface area (Å²) in [5, 5.41) is 0. The zero-order chi connectivity index (χ0) is 16.7. The Hall–Kier alpha value is -1.18. The van der Waals surface area contributed by atoms with E-state index >= 15 is 0 Å². The third-order valence-corrected chi connectivity index (χ3v) is 4.66. The van der Waals surface area contributed by atoms with E-state index in [1.165, 1.54) is 0 Å². The Labute approximate surface area is 139 Å². The molecule has 2 amide bonds. The largest absolute Gasteiger partial charge is 0.378 e. The molecule has 0 N–H and O–H groups in total. The second-order valence-electron chi connectivity index (χ2n) is 6.11. The molecule has 0 bridgehead atoms. The molecule has 0 radical (unpaired) electrons. The van der Waals surface area contributed by atoms with Crippen molar-refractivity contribution in [2.75, 3.05) is 78.7 Å². The summed E-state index contributed by atoms with van der Waals surface area (Å²) in [6.07, 6.45) is 0. The molecule has 0 aromatic rings. The lowest BCUT2D eigenvalue weighted by Gasteiger charge is -2.36. The van der Waals surface area contributed by atoms with E-state index in [1.54, 1.807) is 0 Å². The highest BCUT2D eigenvalue weighted by Crippen LogP contribution is 2.05. The van der Waals surface area contributed by atoms with E-state index in [0.717, 1.165) is 39.3 Å². The normalized spacial score (nSPS) is 20.5. The van der Waals surface area contributed by atoms with E-state index in [-0.39, 0.29) is 11.8 Å². The maximum atomic E-state index is 12.2. The van der Waals surface area contributed by atoms with Gasteiger partial charge in [-0.3, -0.25) is 19.4 Å². The molecule has 7 nitrogen and oxygen atoms in total. The maximum absolute atomic E-state index is 12.2. The van der Waals surface area contributed by atoms with Crippen LogP contribution in [0.1, 0.15) is 13.8 Å². The SMILES string of the molecule is CCN(CC)C(=O)CN1CCN(CC(=O)N2CCOCC2)CC1. The van der Waals surface area contributed by atoms with Crippen LogP contribution in [-0.2, 0) is 14.3 Å². The van der Waals surface area contributed by atoms with Gasteiger partial charge in [0.2, 0.25) is 11.8 Å². The van der Waals surface area contributed by atoms with Crippen LogP contribution in [0.5, 0.6) is 0 Å². The van der Waals surface area contributed by atoms with Gasteiger partial charge in [-0.15, -0.1) is 0 Å². The number of rotatable bonds is 6. The number of amides is 2. The summed E-state index contributed by atoms with van der Waals surface area (Å²) in [4.78, 5) is 32.5. The molecule has 0 aliphatic carbocycles. The Morgan fingerprint density at radius 2 is 1.39 bits per heavy atom. The summed E-state index contributed by atoms with van der Waals surface area (Å²) in [6.45, 7) is 12.6. The summed E-state index contributed by atoms with van der Waals surface area (Å²) in [6, 6.07) is 0. The van der Waals surface area contributed by atoms with E-state index in [0.29, 0.717) is 39.4 Å². The topological polar surface area (TPSA) is 56.3 Å². The monoisotopic (exact) mass is 326 g/mol. The number of carbonyl (C=O) groups is 2. The number of carbonyl (C=O) groups excluding carboxylic acids is 2. The summed E-state index contributed by atoms with van der Waals surface area (Å²) >= 11 is 0. The van der Waals surface area contributed by atoms with Crippen LogP contribution in [0, 0.1) is 0 Å². The first-order valence-electron chi connectivity index (χ1n) is 8.72. The molecule has 0 saturated carbocycles. The minimum absolute atomic E-state index is 0.195. The number of piperazine rings is 1. The van der Waals surface area contributed by atoms with Gasteiger partial charge in [-0.2, -0.15) is 0 Å². The molecule has 2 aliphatic rings. The zero-order valence-electron chi connectivity index (χ0n) is 14.5. The molecular formula is C16H30N4O3. The van der Waals surface area contributed by atoms with Crippen molar-refractivity contribution >= 4 is 11.8 Å². The van der Waals surface area contributed by atoms with Gasteiger partial charge in [0, 0.05) is 52.4 Å². The molecule has 23 heavy (non-hydrogen) atoms. The molecule has 0 aromatic heterocycles. The molecule has 2 rings (SSSR count). The summed E-state index contributed by atoms with van der Waals surface area (Å²) < 4.78 is 5.28. The Morgan fingerprint density at radius 3 is 1.91 bits per heavy atom. The number of hydrogen-bond donors (Lipinski definition) is 0. The lowest BCUT2D eigenvalue weighted by Crippen LogP contribution is -2.53. The fourth-order valence-electron chi connectivity index (χ4n) is 3.08. The lowest BCUT2D eigenvalue weighted by molar-refractivity contribution is -0.137. The first-order valence-corrected chi connectivity index (χ1v) is 8.72. The van der Waals surface area contributed by atoms with Gasteiger partial charge in [0.15, 0.2) is 0 Å². The van der Waals surface area contributed by atoms with Gasteiger partial charge in [0.1, 0.15) is 0 Å². The van der Waals surface area contributed by atoms with Crippen LogP contribution in [0.25, 0.3) is 0 Å². The van der Waals surface area contributed by atoms with Crippen LogP contribution in [0.3, 0.4) is 0 Å². The Bertz CT molecular complexity index is 387. The van der Waals surface area contributed by atoms with Crippen LogP contribution >= 0.6 is 0 Å². The molecule has 0 spiro atoms. The minimum atomic E-state index is 0.195. The van der Waals surface area contributed by atoms with Gasteiger partial charge in [0.05, 0.1) is 26.3 Å². The van der Waals surface area contributed by atoms with Crippen molar-refractivity contribution in [3.05, 3.63) is 0 Å². The number of morpholine rings is 1. The van der Waals surface area contributed by atoms with E-state index in [9.17, 15) is 9.59 Å². The van der Waals surface area contributed by atoms with Crippen LogP contribution in [0.2, 0.25) is 0 Å². The summed E-state index contributed by atoms with van der Waals surface area (Å²) in [7, 11) is 0. The molecule has 2 fully saturated rings. The van der Waals surface area contributed by atoms with E-state index < -0.39 is 0 Å². The van der Waals surface area contributed by atoms with Crippen LogP contribution in [0.4, 0.5) is 0 Å². The Morgan fingerprint density at radius 1 is 0.870 bits per heavy atom. The minimum Gasteiger partial charge on any atom is -0.378 e. The number of likely N-dealkylation sites (N-methyl/N-ethyl adjacent to an activating group) is 1. The third kappa shape index (κ3) is 5.44. The third-order valence-electron chi connectivity index (χ3n) is 4.66. The fourth-order valence-corrected chi connectivity index (χ4v) is 3.08. The molecule has 0 aromatic carbocycles. The van der Waals surface area contributed by atoms with Crippen LogP contribution in [0.15, 0.2) is 0 Å². The predicted octanol–water partition coefficient (Wildman–Crippen LogP) is -0.669. The molecule has 0 atom stereocenters. The number of ether oxygens (including phenoxy) is 1. The smallest absolute Gasteiger partial charge is 0.236 e. The van der Waals surface area contributed by atoms with Gasteiger partial charge in [-0.1, -0.05) is 0 Å². The highest BCUT2D eigenvalue weighted by atomic mass is 16.5. The standard InChI is InChI=1S/C16H30N4O3/c1-3-19(4-2)15(21)13-17-5-7-18(8-6-17)14-16(22)20-9-11-23-12-10-20/h3-14H2,1-2H3. The van der Waals surface area contributed by atoms with E-state index in [1.807, 2.05) is 23.6 Å². The van der Waals surface area contributed by atoms with Gasteiger partial charge >= 0.3 is 0 Å². The van der Waals surface area contributed by atoms with Crippen molar-refractivity contribution < 1.29 is 14.3 Å². The van der Waals surface area contributed by atoms with Crippen molar-refractivity contribution in [2.45, 2.75) is 13.8 Å². The van der Waals surface area contributed by atoms with Gasteiger partial charge in [0.25, 0.3) is 0 Å². The van der Waals surface area contributed by atoms with E-state index in [4.69, 9.17) is 4.74 Å². The lowest BCUT2D eigenvalue weighted by atomic mass is 10.3. The first kappa shape index (κ1) is 18.2. The summed E-state index contributed by atoms with van der Waals surface area (Å²) in [5.74, 6) is 0.397. The fraction of sp³-hybridized carbons (Fsp3) is 0.875. The van der Waals surface area contributed by atoms with Crippen molar-refractivity contribution in [3.8, 4) is 0 Å². The molecule has 2 aliphatic heterocycles. The zero-order valence-corrected chi connectivity index (χ0v) is 14.5. The molecule has 132 valence electrons. The molecular weight excluding hydrogens is 296 g/mol.